The van der Waals surface area contributed by atoms with Crippen LogP contribution in [0.15, 0.2) is 48.7 Å². The Balaban J connectivity index is 2.51. The van der Waals surface area contributed by atoms with Gasteiger partial charge in [-0.3, -0.25) is 4.79 Å². The lowest BCUT2D eigenvalue weighted by atomic mass is 10.1. The van der Waals surface area contributed by atoms with Crippen LogP contribution in [-0.2, 0) is 9.53 Å². The summed E-state index contributed by atoms with van der Waals surface area (Å²) < 4.78 is 46.5. The first-order valence-corrected chi connectivity index (χ1v) is 8.09. The van der Waals surface area contributed by atoms with Crippen molar-refractivity contribution in [3.05, 3.63) is 59.2 Å². The van der Waals surface area contributed by atoms with Crippen LogP contribution in [0.25, 0.3) is 0 Å². The highest BCUT2D eigenvalue weighted by molar-refractivity contribution is 6.33. The van der Waals surface area contributed by atoms with Crippen LogP contribution in [0.4, 0.5) is 19.0 Å². The van der Waals surface area contributed by atoms with Crippen LogP contribution < -0.4 is 10.6 Å². The van der Waals surface area contributed by atoms with Crippen molar-refractivity contribution in [1.82, 2.24) is 10.3 Å². The quantitative estimate of drug-likeness (QED) is 0.573. The van der Waals surface area contributed by atoms with E-state index < -0.39 is 23.7 Å². The molecule has 1 amide bonds. The van der Waals surface area contributed by atoms with Gasteiger partial charge in [-0.25, -0.2) is 9.78 Å². The molecule has 2 N–H and O–H groups in total. The van der Waals surface area contributed by atoms with Gasteiger partial charge in [0.15, 0.2) is 0 Å². The monoisotopic (exact) mass is 401 g/mol. The number of ether oxygens (including phenoxy) is 1. The Hall–Kier alpha value is -2.81. The number of aromatic nitrogens is 1. The highest BCUT2D eigenvalue weighted by Crippen LogP contribution is 2.33. The van der Waals surface area contributed by atoms with E-state index in [0.717, 1.165) is 0 Å². The zero-order valence-corrected chi connectivity index (χ0v) is 14.8. The SMILES string of the molecule is CCOC(=O)[C@](NC(=O)c1ccccc1Cl)(Nc1ccccn1)C(F)(F)F. The van der Waals surface area contributed by atoms with Crippen molar-refractivity contribution in [2.75, 3.05) is 11.9 Å². The number of hydrogen-bond donors (Lipinski definition) is 2. The van der Waals surface area contributed by atoms with Gasteiger partial charge in [-0.2, -0.15) is 13.2 Å². The van der Waals surface area contributed by atoms with Crippen molar-refractivity contribution in [1.29, 1.82) is 0 Å². The molecule has 1 aromatic carbocycles. The highest BCUT2D eigenvalue weighted by Gasteiger charge is 2.64. The molecule has 1 aromatic heterocycles. The van der Waals surface area contributed by atoms with Gasteiger partial charge in [0.1, 0.15) is 5.82 Å². The molecule has 0 aliphatic carbocycles. The van der Waals surface area contributed by atoms with E-state index in [4.69, 9.17) is 11.6 Å². The Morgan fingerprint density at radius 2 is 1.81 bits per heavy atom. The number of carbonyl (C=O) groups is 2. The smallest absolute Gasteiger partial charge is 0.441 e. The number of nitrogens with one attached hydrogen (secondary N) is 2. The van der Waals surface area contributed by atoms with E-state index >= 15 is 0 Å². The molecule has 0 unspecified atom stereocenters. The number of alkyl halides is 3. The normalized spacial score (nSPS) is 13.4. The second-order valence-electron chi connectivity index (χ2n) is 5.24. The van der Waals surface area contributed by atoms with E-state index in [9.17, 15) is 22.8 Å². The summed E-state index contributed by atoms with van der Waals surface area (Å²) in [6, 6.07) is 9.60. The second kappa shape index (κ2) is 8.26. The van der Waals surface area contributed by atoms with Gasteiger partial charge in [0.2, 0.25) is 0 Å². The van der Waals surface area contributed by atoms with E-state index in [1.807, 2.05) is 5.32 Å². The maximum Gasteiger partial charge on any atom is 0.441 e. The average molecular weight is 402 g/mol. The number of nitrogens with zero attached hydrogens (tertiary/aromatic N) is 1. The molecule has 2 rings (SSSR count). The van der Waals surface area contributed by atoms with Crippen LogP contribution >= 0.6 is 11.6 Å². The van der Waals surface area contributed by atoms with Crippen LogP contribution in [-0.4, -0.2) is 35.3 Å². The van der Waals surface area contributed by atoms with Crippen molar-refractivity contribution in [3.8, 4) is 0 Å². The molecule has 1 atom stereocenters. The van der Waals surface area contributed by atoms with Gasteiger partial charge in [0.25, 0.3) is 5.91 Å². The summed E-state index contributed by atoms with van der Waals surface area (Å²) in [6.07, 6.45) is -4.03. The van der Waals surface area contributed by atoms with Gasteiger partial charge < -0.3 is 15.4 Å². The third-order valence-electron chi connectivity index (χ3n) is 3.41. The summed E-state index contributed by atoms with van der Waals surface area (Å²) >= 11 is 5.87. The number of anilines is 1. The fourth-order valence-corrected chi connectivity index (χ4v) is 2.36. The van der Waals surface area contributed by atoms with Crippen molar-refractivity contribution < 1.29 is 27.5 Å². The maximum atomic E-state index is 14.0. The van der Waals surface area contributed by atoms with E-state index in [1.54, 1.807) is 5.32 Å². The van der Waals surface area contributed by atoms with Crippen LogP contribution in [0.5, 0.6) is 0 Å². The van der Waals surface area contributed by atoms with Gasteiger partial charge in [0.05, 0.1) is 17.2 Å². The molecule has 0 saturated carbocycles. The first kappa shape index (κ1) is 20.5. The predicted molar refractivity (Wildman–Crippen MR) is 92.2 cm³/mol. The molecular formula is C17H15ClF3N3O3. The molecule has 10 heteroatoms. The summed E-state index contributed by atoms with van der Waals surface area (Å²) in [5.74, 6) is -3.24. The number of hydrogen-bond acceptors (Lipinski definition) is 5. The summed E-state index contributed by atoms with van der Waals surface area (Å²) in [4.78, 5) is 28.5. The van der Waals surface area contributed by atoms with E-state index in [1.165, 1.54) is 55.6 Å². The Labute approximate surface area is 157 Å². The summed E-state index contributed by atoms with van der Waals surface area (Å²) in [6.45, 7) is 1.01. The molecule has 6 nitrogen and oxygen atoms in total. The number of amides is 1. The fraction of sp³-hybridized carbons (Fsp3) is 0.235. The number of halogens is 4. The van der Waals surface area contributed by atoms with Crippen molar-refractivity contribution in [2.45, 2.75) is 18.8 Å². The number of esters is 1. The minimum atomic E-state index is -5.26. The third-order valence-corrected chi connectivity index (χ3v) is 3.74. The van der Waals surface area contributed by atoms with Crippen LogP contribution in [0.2, 0.25) is 5.02 Å². The van der Waals surface area contributed by atoms with Gasteiger partial charge in [0, 0.05) is 6.20 Å². The lowest BCUT2D eigenvalue weighted by molar-refractivity contribution is -0.204. The summed E-state index contributed by atoms with van der Waals surface area (Å²) in [5.41, 5.74) is -3.80. The molecule has 144 valence electrons. The zero-order valence-electron chi connectivity index (χ0n) is 14.0. The van der Waals surface area contributed by atoms with Crippen LogP contribution in [0.1, 0.15) is 17.3 Å². The van der Waals surface area contributed by atoms with Gasteiger partial charge in [-0.05, 0) is 31.2 Å². The van der Waals surface area contributed by atoms with Crippen LogP contribution in [0, 0.1) is 0 Å². The predicted octanol–water partition coefficient (Wildman–Crippen LogP) is 3.40. The van der Waals surface area contributed by atoms with Gasteiger partial charge in [-0.1, -0.05) is 29.8 Å². The molecule has 0 spiro atoms. The largest absolute Gasteiger partial charge is 0.463 e. The van der Waals surface area contributed by atoms with Crippen molar-refractivity contribution in [3.63, 3.8) is 0 Å². The number of pyridine rings is 1. The average Bonchev–Trinajstić information content (AvgIpc) is 2.61. The Morgan fingerprint density at radius 3 is 2.37 bits per heavy atom. The molecule has 0 aliphatic rings. The van der Waals surface area contributed by atoms with Gasteiger partial charge in [-0.15, -0.1) is 0 Å². The third kappa shape index (κ3) is 4.48. The van der Waals surface area contributed by atoms with Gasteiger partial charge >= 0.3 is 17.8 Å². The summed E-state index contributed by atoms with van der Waals surface area (Å²) in [7, 11) is 0. The second-order valence-corrected chi connectivity index (χ2v) is 5.65. The van der Waals surface area contributed by atoms with Crippen molar-refractivity contribution in [2.24, 2.45) is 0 Å². The Bertz CT molecular complexity index is 818. The summed E-state index contributed by atoms with van der Waals surface area (Å²) in [5, 5.41) is 3.56. The molecule has 0 saturated heterocycles. The molecular weight excluding hydrogens is 387 g/mol. The molecule has 0 bridgehead atoms. The molecule has 1 heterocycles. The molecule has 0 radical (unpaired) electrons. The topological polar surface area (TPSA) is 80.3 Å². The number of benzene rings is 1. The maximum absolute atomic E-state index is 14.0. The zero-order chi connectivity index (χ0) is 20.1. The first-order chi connectivity index (χ1) is 12.7. The first-order valence-electron chi connectivity index (χ1n) is 7.71. The lowest BCUT2D eigenvalue weighted by Gasteiger charge is -2.35. The Kier molecular flexibility index (Phi) is 6.27. The number of carbonyl (C=O) groups excluding carboxylic acids is 2. The lowest BCUT2D eigenvalue weighted by Crippen LogP contribution is -2.69. The highest BCUT2D eigenvalue weighted by atomic mass is 35.5. The minimum Gasteiger partial charge on any atom is -0.463 e. The van der Waals surface area contributed by atoms with E-state index in [0.29, 0.717) is 0 Å². The molecule has 27 heavy (non-hydrogen) atoms. The molecule has 2 aromatic rings. The van der Waals surface area contributed by atoms with E-state index in [2.05, 4.69) is 9.72 Å². The van der Waals surface area contributed by atoms with Crippen molar-refractivity contribution >= 4 is 29.3 Å². The fourth-order valence-electron chi connectivity index (χ4n) is 2.14. The standard InChI is InChI=1S/C17H15ClF3N3O3/c1-2-27-15(26)16(17(19,20)21,23-13-9-5-6-10-22-13)24-14(25)11-7-3-4-8-12(11)18/h3-10H,2H2,1H3,(H,22,23)(H,24,25)/t16-/m1/s1. The minimum absolute atomic E-state index is 0.0761. The van der Waals surface area contributed by atoms with Crippen LogP contribution in [0.3, 0.4) is 0 Å². The Morgan fingerprint density at radius 1 is 1.15 bits per heavy atom. The molecule has 0 fully saturated rings. The molecule has 0 aliphatic heterocycles. The van der Waals surface area contributed by atoms with E-state index in [-0.39, 0.29) is 23.0 Å². The number of rotatable bonds is 6.